The van der Waals surface area contributed by atoms with Crippen LogP contribution in [0.15, 0.2) is 41.1 Å². The maximum absolute atomic E-state index is 12.2. The number of benzene rings is 1. The van der Waals surface area contributed by atoms with Crippen molar-refractivity contribution in [2.24, 2.45) is 0 Å². The van der Waals surface area contributed by atoms with Crippen molar-refractivity contribution in [3.8, 4) is 0 Å². The summed E-state index contributed by atoms with van der Waals surface area (Å²) in [6, 6.07) is 9.80. The summed E-state index contributed by atoms with van der Waals surface area (Å²) in [6.07, 6.45) is 0. The predicted molar refractivity (Wildman–Crippen MR) is 81.7 cm³/mol. The van der Waals surface area contributed by atoms with Crippen LogP contribution in [0.25, 0.3) is 10.1 Å². The van der Waals surface area contributed by atoms with Crippen molar-refractivity contribution in [3.05, 3.63) is 51.5 Å². The minimum absolute atomic E-state index is 0.107. The van der Waals surface area contributed by atoms with Crippen molar-refractivity contribution in [3.63, 3.8) is 0 Å². The lowest BCUT2D eigenvalue weighted by molar-refractivity contribution is 0.0956. The number of amides is 1. The van der Waals surface area contributed by atoms with Crippen LogP contribution in [0, 0.1) is 0 Å². The molecule has 3 N–H and O–H groups in total. The number of anilines is 1. The van der Waals surface area contributed by atoms with Gasteiger partial charge in [-0.2, -0.15) is 11.3 Å². The first-order valence-electron chi connectivity index (χ1n) is 5.82. The standard InChI is InChI=1S/C14H12N2OS2/c15-12-10-3-1-2-4-11(10)19-13(12)14(17)16-7-9-5-6-18-8-9/h1-6,8H,7,15H2,(H,16,17). The van der Waals surface area contributed by atoms with E-state index in [0.717, 1.165) is 15.6 Å². The van der Waals surface area contributed by atoms with E-state index < -0.39 is 0 Å². The fourth-order valence-corrected chi connectivity index (χ4v) is 3.60. The normalized spacial score (nSPS) is 10.7. The molecule has 5 heteroatoms. The van der Waals surface area contributed by atoms with Gasteiger partial charge in [-0.25, -0.2) is 0 Å². The molecule has 96 valence electrons. The van der Waals surface area contributed by atoms with Crippen LogP contribution in [0.2, 0.25) is 0 Å². The highest BCUT2D eigenvalue weighted by molar-refractivity contribution is 7.21. The molecular weight excluding hydrogens is 276 g/mol. The number of carbonyl (C=O) groups is 1. The predicted octanol–water partition coefficient (Wildman–Crippen LogP) is 3.48. The molecule has 2 heterocycles. The molecule has 3 rings (SSSR count). The Labute approximate surface area is 118 Å². The van der Waals surface area contributed by atoms with Crippen LogP contribution < -0.4 is 11.1 Å². The van der Waals surface area contributed by atoms with Crippen LogP contribution in [-0.4, -0.2) is 5.91 Å². The van der Waals surface area contributed by atoms with E-state index in [1.807, 2.05) is 41.1 Å². The molecule has 0 unspecified atom stereocenters. The first-order chi connectivity index (χ1) is 9.25. The maximum atomic E-state index is 12.2. The molecule has 1 amide bonds. The smallest absolute Gasteiger partial charge is 0.263 e. The van der Waals surface area contributed by atoms with Gasteiger partial charge in [0, 0.05) is 16.6 Å². The second-order valence-corrected chi connectivity index (χ2v) is 5.99. The fraction of sp³-hybridized carbons (Fsp3) is 0.0714. The van der Waals surface area contributed by atoms with Gasteiger partial charge in [0.15, 0.2) is 0 Å². The molecule has 0 atom stereocenters. The highest BCUT2D eigenvalue weighted by atomic mass is 32.1. The average molecular weight is 288 g/mol. The molecule has 0 saturated carbocycles. The molecule has 1 aromatic carbocycles. The van der Waals surface area contributed by atoms with Gasteiger partial charge in [0.2, 0.25) is 0 Å². The van der Waals surface area contributed by atoms with Crippen molar-refractivity contribution < 1.29 is 4.79 Å². The molecule has 0 radical (unpaired) electrons. The van der Waals surface area contributed by atoms with E-state index in [9.17, 15) is 4.79 Å². The highest BCUT2D eigenvalue weighted by Gasteiger charge is 2.15. The van der Waals surface area contributed by atoms with E-state index in [0.29, 0.717) is 17.1 Å². The number of thiophene rings is 2. The quantitative estimate of drug-likeness (QED) is 0.775. The van der Waals surface area contributed by atoms with E-state index in [1.165, 1.54) is 11.3 Å². The van der Waals surface area contributed by atoms with Gasteiger partial charge in [0.1, 0.15) is 4.88 Å². The summed E-state index contributed by atoms with van der Waals surface area (Å²) >= 11 is 3.06. The van der Waals surface area contributed by atoms with Crippen molar-refractivity contribution in [2.75, 3.05) is 5.73 Å². The van der Waals surface area contributed by atoms with Gasteiger partial charge >= 0.3 is 0 Å². The zero-order valence-corrected chi connectivity index (χ0v) is 11.7. The summed E-state index contributed by atoms with van der Waals surface area (Å²) in [5.74, 6) is -0.107. The zero-order valence-electron chi connectivity index (χ0n) is 10.1. The van der Waals surface area contributed by atoms with Gasteiger partial charge in [-0.15, -0.1) is 11.3 Å². The Bertz CT molecular complexity index is 716. The summed E-state index contributed by atoms with van der Waals surface area (Å²) < 4.78 is 1.04. The minimum atomic E-state index is -0.107. The first kappa shape index (κ1) is 12.2. The van der Waals surface area contributed by atoms with Gasteiger partial charge < -0.3 is 11.1 Å². The van der Waals surface area contributed by atoms with Crippen molar-refractivity contribution in [1.82, 2.24) is 5.32 Å². The van der Waals surface area contributed by atoms with Crippen molar-refractivity contribution >= 4 is 44.4 Å². The monoisotopic (exact) mass is 288 g/mol. The molecule has 0 spiro atoms. The van der Waals surface area contributed by atoms with E-state index >= 15 is 0 Å². The second-order valence-electron chi connectivity index (χ2n) is 4.16. The molecule has 0 aliphatic heterocycles. The number of hydrogen-bond acceptors (Lipinski definition) is 4. The largest absolute Gasteiger partial charge is 0.397 e. The van der Waals surface area contributed by atoms with E-state index in [-0.39, 0.29) is 5.91 Å². The lowest BCUT2D eigenvalue weighted by Gasteiger charge is -2.02. The summed E-state index contributed by atoms with van der Waals surface area (Å²) in [4.78, 5) is 12.7. The van der Waals surface area contributed by atoms with Crippen LogP contribution in [0.4, 0.5) is 5.69 Å². The molecule has 0 saturated heterocycles. The number of fused-ring (bicyclic) bond motifs is 1. The minimum Gasteiger partial charge on any atom is -0.397 e. The number of rotatable bonds is 3. The molecule has 19 heavy (non-hydrogen) atoms. The molecule has 0 aliphatic rings. The molecule has 0 aliphatic carbocycles. The van der Waals surface area contributed by atoms with Gasteiger partial charge in [-0.3, -0.25) is 4.79 Å². The summed E-state index contributed by atoms with van der Waals surface area (Å²) in [5, 5.41) is 7.87. The fourth-order valence-electron chi connectivity index (χ4n) is 1.89. The third kappa shape index (κ3) is 2.34. The summed E-state index contributed by atoms with van der Waals surface area (Å²) in [7, 11) is 0. The lowest BCUT2D eigenvalue weighted by Crippen LogP contribution is -2.22. The Morgan fingerprint density at radius 3 is 2.84 bits per heavy atom. The molecule has 0 bridgehead atoms. The Balaban J connectivity index is 1.83. The SMILES string of the molecule is Nc1c(C(=O)NCc2ccsc2)sc2ccccc12. The van der Waals surface area contributed by atoms with Gasteiger partial charge in [-0.1, -0.05) is 18.2 Å². The number of nitrogens with one attached hydrogen (secondary N) is 1. The summed E-state index contributed by atoms with van der Waals surface area (Å²) in [6.45, 7) is 0.538. The molecule has 2 aromatic heterocycles. The molecule has 0 fully saturated rings. The first-order valence-corrected chi connectivity index (χ1v) is 7.58. The van der Waals surface area contributed by atoms with E-state index in [2.05, 4.69) is 5.32 Å². The second kappa shape index (κ2) is 5.03. The maximum Gasteiger partial charge on any atom is 0.263 e. The zero-order chi connectivity index (χ0) is 13.2. The number of nitrogen functional groups attached to an aromatic ring is 1. The Morgan fingerprint density at radius 1 is 1.26 bits per heavy atom. The van der Waals surface area contributed by atoms with Crippen molar-refractivity contribution in [2.45, 2.75) is 6.54 Å². The Hall–Kier alpha value is -1.85. The third-order valence-electron chi connectivity index (χ3n) is 2.87. The molecular formula is C14H12N2OS2. The van der Waals surface area contributed by atoms with Gasteiger partial charge in [0.25, 0.3) is 5.91 Å². The lowest BCUT2D eigenvalue weighted by atomic mass is 10.2. The highest BCUT2D eigenvalue weighted by Crippen LogP contribution is 2.33. The van der Waals surface area contributed by atoms with Crippen LogP contribution in [0.1, 0.15) is 15.2 Å². The number of nitrogens with two attached hydrogens (primary N) is 1. The van der Waals surface area contributed by atoms with Crippen LogP contribution >= 0.6 is 22.7 Å². The van der Waals surface area contributed by atoms with Crippen LogP contribution in [0.5, 0.6) is 0 Å². The van der Waals surface area contributed by atoms with E-state index in [1.54, 1.807) is 11.3 Å². The van der Waals surface area contributed by atoms with Gasteiger partial charge in [-0.05, 0) is 28.5 Å². The van der Waals surface area contributed by atoms with E-state index in [4.69, 9.17) is 5.73 Å². The number of carbonyl (C=O) groups excluding carboxylic acids is 1. The van der Waals surface area contributed by atoms with Crippen LogP contribution in [0.3, 0.4) is 0 Å². The molecule has 3 aromatic rings. The Kier molecular flexibility index (Phi) is 3.23. The topological polar surface area (TPSA) is 55.1 Å². The van der Waals surface area contributed by atoms with Gasteiger partial charge in [0.05, 0.1) is 5.69 Å². The average Bonchev–Trinajstić information content (AvgIpc) is 3.05. The van der Waals surface area contributed by atoms with Crippen LogP contribution in [-0.2, 0) is 6.54 Å². The third-order valence-corrected chi connectivity index (χ3v) is 4.79. The number of hydrogen-bond donors (Lipinski definition) is 2. The summed E-state index contributed by atoms with van der Waals surface area (Å²) in [5.41, 5.74) is 7.72. The van der Waals surface area contributed by atoms with Crippen molar-refractivity contribution in [1.29, 1.82) is 0 Å². The Morgan fingerprint density at radius 2 is 2.11 bits per heavy atom. The molecule has 3 nitrogen and oxygen atoms in total.